The van der Waals surface area contributed by atoms with E-state index in [0.717, 1.165) is 30.3 Å². The molecule has 0 spiro atoms. The molecule has 1 atom stereocenters. The van der Waals surface area contributed by atoms with Crippen LogP contribution in [0.4, 0.5) is 5.69 Å². The Bertz CT molecular complexity index is 701. The summed E-state index contributed by atoms with van der Waals surface area (Å²) in [6.07, 6.45) is 2.47. The Morgan fingerprint density at radius 2 is 2.04 bits per heavy atom. The molecule has 1 fully saturated rings. The van der Waals surface area contributed by atoms with Crippen molar-refractivity contribution in [1.29, 1.82) is 0 Å². The Morgan fingerprint density at radius 3 is 2.71 bits per heavy atom. The Labute approximate surface area is 143 Å². The number of guanidine groups is 1. The van der Waals surface area contributed by atoms with Crippen LogP contribution in [0.5, 0.6) is 0 Å². The summed E-state index contributed by atoms with van der Waals surface area (Å²) in [5.74, 6) is 2.35. The number of hydrogen-bond donors (Lipinski definition) is 2. The van der Waals surface area contributed by atoms with E-state index in [1.165, 1.54) is 18.4 Å². The minimum atomic E-state index is 0.152. The average Bonchev–Trinajstić information content (AvgIpc) is 3.20. The quantitative estimate of drug-likeness (QED) is 0.652. The van der Waals surface area contributed by atoms with Gasteiger partial charge in [0.25, 0.3) is 0 Å². The lowest BCUT2D eigenvalue weighted by atomic mass is 10.2. The van der Waals surface area contributed by atoms with Gasteiger partial charge in [-0.1, -0.05) is 12.1 Å². The number of nitrogens with one attached hydrogen (secondary N) is 1. The molecule has 3 N–H and O–H groups in total. The second-order valence-electron chi connectivity index (χ2n) is 6.43. The third-order valence-corrected chi connectivity index (χ3v) is 4.40. The third kappa shape index (κ3) is 4.17. The Kier molecular flexibility index (Phi) is 5.20. The van der Waals surface area contributed by atoms with Crippen molar-refractivity contribution in [2.24, 2.45) is 10.7 Å². The summed E-state index contributed by atoms with van der Waals surface area (Å²) in [6.45, 7) is 6.80. The lowest BCUT2D eigenvalue weighted by molar-refractivity contribution is 0.219. The molecule has 5 heteroatoms. The molecule has 1 saturated heterocycles. The molecule has 1 aliphatic rings. The molecular weight excluding hydrogens is 300 g/mol. The average molecular weight is 326 g/mol. The number of aliphatic imine (C=N–C) groups is 1. The number of hydrogen-bond acceptors (Lipinski definition) is 3. The lowest BCUT2D eigenvalue weighted by Gasteiger charge is -2.24. The van der Waals surface area contributed by atoms with Gasteiger partial charge in [-0.15, -0.1) is 0 Å². The van der Waals surface area contributed by atoms with Crippen molar-refractivity contribution >= 4 is 11.6 Å². The van der Waals surface area contributed by atoms with Gasteiger partial charge in [0.2, 0.25) is 0 Å². The minimum Gasteiger partial charge on any atom is -0.465 e. The van der Waals surface area contributed by atoms with Gasteiger partial charge in [0.15, 0.2) is 5.96 Å². The number of anilines is 1. The van der Waals surface area contributed by atoms with Gasteiger partial charge in [-0.3, -0.25) is 9.89 Å². The maximum Gasteiger partial charge on any atom is 0.193 e. The van der Waals surface area contributed by atoms with E-state index in [1.807, 2.05) is 25.1 Å². The number of nitrogens with two attached hydrogens (primary N) is 1. The molecule has 0 amide bonds. The van der Waals surface area contributed by atoms with Gasteiger partial charge in [-0.2, -0.15) is 0 Å². The maximum atomic E-state index is 6.08. The molecule has 2 aromatic rings. The van der Waals surface area contributed by atoms with E-state index in [9.17, 15) is 0 Å². The van der Waals surface area contributed by atoms with Crippen LogP contribution < -0.4 is 11.1 Å². The van der Waals surface area contributed by atoms with Gasteiger partial charge in [0, 0.05) is 5.69 Å². The standard InChI is InChI=1S/C19H26N4O/c1-14-6-5-7-16(12-14)22-19(20)21-13-17(23-10-3-4-11-23)18-9-8-15(2)24-18/h5-9,12,17H,3-4,10-11,13H2,1-2H3,(H3,20,21,22). The monoisotopic (exact) mass is 326 g/mol. The van der Waals surface area contributed by atoms with Crippen LogP contribution >= 0.6 is 0 Å². The molecule has 1 aromatic heterocycles. The second-order valence-corrected chi connectivity index (χ2v) is 6.43. The fourth-order valence-corrected chi connectivity index (χ4v) is 3.17. The summed E-state index contributed by atoms with van der Waals surface area (Å²) < 4.78 is 5.85. The van der Waals surface area contributed by atoms with Crippen molar-refractivity contribution in [3.05, 3.63) is 53.5 Å². The van der Waals surface area contributed by atoms with Crippen molar-refractivity contribution in [1.82, 2.24) is 4.90 Å². The highest BCUT2D eigenvalue weighted by atomic mass is 16.3. The van der Waals surface area contributed by atoms with Crippen LogP contribution in [0.2, 0.25) is 0 Å². The molecule has 0 aliphatic carbocycles. The highest BCUT2D eigenvalue weighted by molar-refractivity contribution is 5.92. The molecule has 5 nitrogen and oxygen atoms in total. The van der Waals surface area contributed by atoms with E-state index in [0.29, 0.717) is 12.5 Å². The van der Waals surface area contributed by atoms with E-state index in [-0.39, 0.29) is 6.04 Å². The summed E-state index contributed by atoms with van der Waals surface area (Å²) in [4.78, 5) is 6.99. The van der Waals surface area contributed by atoms with Crippen LogP contribution in [0.3, 0.4) is 0 Å². The van der Waals surface area contributed by atoms with Crippen molar-refractivity contribution in [3.8, 4) is 0 Å². The number of likely N-dealkylation sites (tertiary alicyclic amines) is 1. The Morgan fingerprint density at radius 1 is 1.25 bits per heavy atom. The molecule has 3 rings (SSSR count). The van der Waals surface area contributed by atoms with Crippen LogP contribution in [0.25, 0.3) is 0 Å². The number of rotatable bonds is 5. The van der Waals surface area contributed by atoms with Gasteiger partial charge in [-0.25, -0.2) is 0 Å². The topological polar surface area (TPSA) is 66.8 Å². The largest absolute Gasteiger partial charge is 0.465 e. The number of aryl methyl sites for hydroxylation is 2. The molecule has 2 heterocycles. The van der Waals surface area contributed by atoms with E-state index in [4.69, 9.17) is 10.2 Å². The summed E-state index contributed by atoms with van der Waals surface area (Å²) in [5.41, 5.74) is 8.23. The summed E-state index contributed by atoms with van der Waals surface area (Å²) in [6, 6.07) is 12.3. The maximum absolute atomic E-state index is 6.08. The van der Waals surface area contributed by atoms with Gasteiger partial charge in [0.05, 0.1) is 12.6 Å². The highest BCUT2D eigenvalue weighted by Gasteiger charge is 2.25. The first-order valence-corrected chi connectivity index (χ1v) is 8.56. The molecule has 0 radical (unpaired) electrons. The smallest absolute Gasteiger partial charge is 0.193 e. The van der Waals surface area contributed by atoms with Crippen LogP contribution in [-0.2, 0) is 0 Å². The highest BCUT2D eigenvalue weighted by Crippen LogP contribution is 2.27. The Hall–Kier alpha value is -2.27. The second kappa shape index (κ2) is 7.53. The van der Waals surface area contributed by atoms with Crippen molar-refractivity contribution in [3.63, 3.8) is 0 Å². The molecule has 128 valence electrons. The third-order valence-electron chi connectivity index (χ3n) is 4.40. The van der Waals surface area contributed by atoms with Crippen LogP contribution in [0.15, 0.2) is 45.8 Å². The SMILES string of the molecule is Cc1cccc(NC(N)=NCC(c2ccc(C)o2)N2CCCC2)c1. The minimum absolute atomic E-state index is 0.152. The Balaban J connectivity index is 1.69. The fraction of sp³-hybridized carbons (Fsp3) is 0.421. The van der Waals surface area contributed by atoms with E-state index < -0.39 is 0 Å². The molecule has 1 unspecified atom stereocenters. The number of nitrogens with zero attached hydrogens (tertiary/aromatic N) is 2. The molecular formula is C19H26N4O. The van der Waals surface area contributed by atoms with Crippen molar-refractivity contribution < 1.29 is 4.42 Å². The lowest BCUT2D eigenvalue weighted by Crippen LogP contribution is -2.30. The summed E-state index contributed by atoms with van der Waals surface area (Å²) in [7, 11) is 0. The van der Waals surface area contributed by atoms with Gasteiger partial charge in [0.1, 0.15) is 11.5 Å². The molecule has 0 bridgehead atoms. The van der Waals surface area contributed by atoms with Gasteiger partial charge < -0.3 is 15.5 Å². The molecule has 0 saturated carbocycles. The van der Waals surface area contributed by atoms with E-state index in [1.54, 1.807) is 0 Å². The first kappa shape index (κ1) is 16.6. The zero-order valence-electron chi connectivity index (χ0n) is 14.5. The van der Waals surface area contributed by atoms with Crippen LogP contribution in [0, 0.1) is 13.8 Å². The zero-order valence-corrected chi connectivity index (χ0v) is 14.5. The number of furan rings is 1. The van der Waals surface area contributed by atoms with Gasteiger partial charge in [-0.05, 0) is 69.6 Å². The van der Waals surface area contributed by atoms with Gasteiger partial charge >= 0.3 is 0 Å². The molecule has 1 aliphatic heterocycles. The van der Waals surface area contributed by atoms with Crippen molar-refractivity contribution in [2.75, 3.05) is 25.0 Å². The van der Waals surface area contributed by atoms with E-state index >= 15 is 0 Å². The molecule has 24 heavy (non-hydrogen) atoms. The first-order chi connectivity index (χ1) is 11.6. The molecule has 1 aromatic carbocycles. The predicted molar refractivity (Wildman–Crippen MR) is 98.3 cm³/mol. The summed E-state index contributed by atoms with van der Waals surface area (Å²) in [5, 5.41) is 3.16. The number of benzene rings is 1. The first-order valence-electron chi connectivity index (χ1n) is 8.56. The van der Waals surface area contributed by atoms with Crippen molar-refractivity contribution in [2.45, 2.75) is 32.7 Å². The zero-order chi connectivity index (χ0) is 16.9. The van der Waals surface area contributed by atoms with Crippen LogP contribution in [0.1, 0.15) is 36.0 Å². The van der Waals surface area contributed by atoms with E-state index in [2.05, 4.69) is 40.3 Å². The summed E-state index contributed by atoms with van der Waals surface area (Å²) >= 11 is 0. The fourth-order valence-electron chi connectivity index (χ4n) is 3.17. The van der Waals surface area contributed by atoms with Crippen LogP contribution in [-0.4, -0.2) is 30.5 Å². The predicted octanol–water partition coefficient (Wildman–Crippen LogP) is 3.46. The normalized spacial score (nSPS) is 17.2.